The average Bonchev–Trinajstić information content (AvgIpc) is 2.97. The standard InChI is InChI=1S/C21H23ClN2/c1-15-14-24(11-10-23(15)2)21-13-19(16-6-4-3-5-7-16)18-9-8-17(22)12-20(18)21/h3-9,12,19,21H,1,10-11,13-14H2,2H3/t19-,21+/m0/s1. The van der Waals surface area contributed by atoms with Crippen LogP contribution >= 0.6 is 11.6 Å². The zero-order chi connectivity index (χ0) is 16.7. The van der Waals surface area contributed by atoms with Crippen LogP contribution in [0.25, 0.3) is 0 Å². The first-order chi connectivity index (χ1) is 11.6. The van der Waals surface area contributed by atoms with Gasteiger partial charge in [-0.05, 0) is 35.2 Å². The van der Waals surface area contributed by atoms with E-state index in [1.54, 1.807) is 0 Å². The molecule has 1 fully saturated rings. The molecule has 0 unspecified atom stereocenters. The summed E-state index contributed by atoms with van der Waals surface area (Å²) in [5.41, 5.74) is 5.43. The van der Waals surface area contributed by atoms with Crippen molar-refractivity contribution in [2.45, 2.75) is 18.4 Å². The minimum absolute atomic E-state index is 0.425. The van der Waals surface area contributed by atoms with Gasteiger partial charge in [0.2, 0.25) is 0 Å². The quantitative estimate of drug-likeness (QED) is 0.784. The van der Waals surface area contributed by atoms with Crippen LogP contribution < -0.4 is 0 Å². The topological polar surface area (TPSA) is 6.48 Å². The van der Waals surface area contributed by atoms with Gasteiger partial charge in [-0.25, -0.2) is 0 Å². The zero-order valence-electron chi connectivity index (χ0n) is 14.1. The molecule has 0 bridgehead atoms. The number of piperazine rings is 1. The van der Waals surface area contributed by atoms with Crippen LogP contribution in [0.15, 0.2) is 60.8 Å². The van der Waals surface area contributed by atoms with E-state index in [1.807, 2.05) is 6.07 Å². The summed E-state index contributed by atoms with van der Waals surface area (Å²) in [6, 6.07) is 17.7. The average molecular weight is 339 g/mol. The molecule has 3 heteroatoms. The van der Waals surface area contributed by atoms with E-state index < -0.39 is 0 Å². The number of hydrogen-bond donors (Lipinski definition) is 0. The monoisotopic (exact) mass is 338 g/mol. The Bertz CT molecular complexity index is 756. The Kier molecular flexibility index (Phi) is 4.11. The molecule has 24 heavy (non-hydrogen) atoms. The van der Waals surface area contributed by atoms with Crippen molar-refractivity contribution in [3.63, 3.8) is 0 Å². The van der Waals surface area contributed by atoms with Gasteiger partial charge in [0, 0.05) is 49.4 Å². The van der Waals surface area contributed by atoms with Gasteiger partial charge >= 0.3 is 0 Å². The van der Waals surface area contributed by atoms with Crippen LogP contribution in [-0.2, 0) is 0 Å². The molecule has 4 rings (SSSR count). The predicted octanol–water partition coefficient (Wildman–Crippen LogP) is 4.68. The molecule has 2 aromatic carbocycles. The van der Waals surface area contributed by atoms with Gasteiger partial charge in [0.15, 0.2) is 0 Å². The fraction of sp³-hybridized carbons (Fsp3) is 0.333. The Hall–Kier alpha value is -1.77. The molecule has 2 atom stereocenters. The van der Waals surface area contributed by atoms with E-state index in [-0.39, 0.29) is 0 Å². The molecule has 0 N–H and O–H groups in total. The van der Waals surface area contributed by atoms with Crippen LogP contribution in [0.4, 0.5) is 0 Å². The maximum Gasteiger partial charge on any atom is 0.0409 e. The summed E-state index contributed by atoms with van der Waals surface area (Å²) >= 11 is 6.33. The largest absolute Gasteiger partial charge is 0.376 e. The van der Waals surface area contributed by atoms with Gasteiger partial charge in [0.1, 0.15) is 0 Å². The molecule has 1 aliphatic heterocycles. The van der Waals surface area contributed by atoms with Gasteiger partial charge < -0.3 is 4.90 Å². The smallest absolute Gasteiger partial charge is 0.0409 e. The zero-order valence-corrected chi connectivity index (χ0v) is 14.8. The molecule has 1 aliphatic carbocycles. The van der Waals surface area contributed by atoms with E-state index in [0.29, 0.717) is 12.0 Å². The first kappa shape index (κ1) is 15.7. The first-order valence-corrected chi connectivity index (χ1v) is 8.98. The Labute approximate surface area is 149 Å². The lowest BCUT2D eigenvalue weighted by atomic mass is 9.93. The van der Waals surface area contributed by atoms with Crippen molar-refractivity contribution in [3.8, 4) is 0 Å². The Morgan fingerprint density at radius 1 is 1.04 bits per heavy atom. The molecule has 0 radical (unpaired) electrons. The van der Waals surface area contributed by atoms with Crippen molar-refractivity contribution < 1.29 is 0 Å². The fourth-order valence-corrected chi connectivity index (χ4v) is 4.29. The highest BCUT2D eigenvalue weighted by atomic mass is 35.5. The lowest BCUT2D eigenvalue weighted by Gasteiger charge is -2.39. The van der Waals surface area contributed by atoms with Gasteiger partial charge in [-0.3, -0.25) is 4.90 Å². The molecule has 2 nitrogen and oxygen atoms in total. The van der Waals surface area contributed by atoms with Crippen molar-refractivity contribution in [3.05, 3.63) is 82.5 Å². The minimum Gasteiger partial charge on any atom is -0.376 e. The van der Waals surface area contributed by atoms with E-state index in [2.05, 4.69) is 65.9 Å². The number of rotatable bonds is 2. The minimum atomic E-state index is 0.425. The van der Waals surface area contributed by atoms with Crippen molar-refractivity contribution in [1.82, 2.24) is 9.80 Å². The number of fused-ring (bicyclic) bond motifs is 1. The molecule has 2 aromatic rings. The van der Waals surface area contributed by atoms with Crippen molar-refractivity contribution in [2.75, 3.05) is 26.7 Å². The molecule has 2 aliphatic rings. The Morgan fingerprint density at radius 2 is 1.83 bits per heavy atom. The molecular formula is C21H23ClN2. The third-order valence-electron chi connectivity index (χ3n) is 5.53. The number of likely N-dealkylation sites (N-methyl/N-ethyl adjacent to an activating group) is 1. The van der Waals surface area contributed by atoms with Gasteiger partial charge in [0.05, 0.1) is 0 Å². The SMILES string of the molecule is C=C1CN([C@@H]2C[C@@H](c3ccccc3)c3ccc(Cl)cc32)CCN1C. The van der Waals surface area contributed by atoms with Gasteiger partial charge in [-0.1, -0.05) is 54.6 Å². The van der Waals surface area contributed by atoms with E-state index in [0.717, 1.165) is 31.1 Å². The molecular weight excluding hydrogens is 316 g/mol. The maximum absolute atomic E-state index is 6.33. The normalized spacial score (nSPS) is 24.2. The second-order valence-electron chi connectivity index (χ2n) is 6.95. The van der Waals surface area contributed by atoms with Crippen LogP contribution in [0, 0.1) is 0 Å². The van der Waals surface area contributed by atoms with Crippen molar-refractivity contribution >= 4 is 11.6 Å². The van der Waals surface area contributed by atoms with Crippen LogP contribution in [0.1, 0.15) is 35.1 Å². The van der Waals surface area contributed by atoms with E-state index >= 15 is 0 Å². The third-order valence-corrected chi connectivity index (χ3v) is 5.77. The number of halogens is 1. The molecule has 0 aromatic heterocycles. The maximum atomic E-state index is 6.33. The number of benzene rings is 2. The summed E-state index contributed by atoms with van der Waals surface area (Å²) in [7, 11) is 2.13. The lowest BCUT2D eigenvalue weighted by Crippen LogP contribution is -2.43. The first-order valence-electron chi connectivity index (χ1n) is 8.61. The van der Waals surface area contributed by atoms with E-state index in [1.165, 1.54) is 22.4 Å². The lowest BCUT2D eigenvalue weighted by molar-refractivity contribution is 0.144. The second-order valence-corrected chi connectivity index (χ2v) is 7.38. The highest BCUT2D eigenvalue weighted by molar-refractivity contribution is 6.30. The molecule has 1 heterocycles. The van der Waals surface area contributed by atoms with Crippen molar-refractivity contribution in [1.29, 1.82) is 0 Å². The van der Waals surface area contributed by atoms with Gasteiger partial charge in [-0.15, -0.1) is 0 Å². The third kappa shape index (κ3) is 2.74. The Balaban J connectivity index is 1.70. The second kappa shape index (κ2) is 6.27. The number of nitrogens with zero attached hydrogens (tertiary/aromatic N) is 2. The van der Waals surface area contributed by atoms with Gasteiger partial charge in [0.25, 0.3) is 0 Å². The van der Waals surface area contributed by atoms with Crippen molar-refractivity contribution in [2.24, 2.45) is 0 Å². The molecule has 0 saturated carbocycles. The number of hydrogen-bond acceptors (Lipinski definition) is 2. The summed E-state index contributed by atoms with van der Waals surface area (Å²) < 4.78 is 0. The summed E-state index contributed by atoms with van der Waals surface area (Å²) in [6.45, 7) is 7.28. The van der Waals surface area contributed by atoms with E-state index in [9.17, 15) is 0 Å². The van der Waals surface area contributed by atoms with Crippen LogP contribution in [-0.4, -0.2) is 36.5 Å². The van der Waals surface area contributed by atoms with Crippen LogP contribution in [0.2, 0.25) is 5.02 Å². The molecule has 124 valence electrons. The van der Waals surface area contributed by atoms with Gasteiger partial charge in [-0.2, -0.15) is 0 Å². The van der Waals surface area contributed by atoms with E-state index in [4.69, 9.17) is 11.6 Å². The Morgan fingerprint density at radius 3 is 2.58 bits per heavy atom. The highest BCUT2D eigenvalue weighted by Crippen LogP contribution is 2.47. The van der Waals surface area contributed by atoms with Crippen LogP contribution in [0.5, 0.6) is 0 Å². The fourth-order valence-electron chi connectivity index (χ4n) is 4.11. The highest BCUT2D eigenvalue weighted by Gasteiger charge is 2.36. The molecule has 0 spiro atoms. The molecule has 0 amide bonds. The summed E-state index contributed by atoms with van der Waals surface area (Å²) in [5, 5.41) is 0.834. The summed E-state index contributed by atoms with van der Waals surface area (Å²) in [6.07, 6.45) is 1.12. The molecule has 1 saturated heterocycles. The summed E-state index contributed by atoms with van der Waals surface area (Å²) in [4.78, 5) is 4.83. The van der Waals surface area contributed by atoms with Crippen LogP contribution in [0.3, 0.4) is 0 Å². The summed E-state index contributed by atoms with van der Waals surface area (Å²) in [5.74, 6) is 0.455. The predicted molar refractivity (Wildman–Crippen MR) is 100 cm³/mol.